The molecule has 1 rings (SSSR count). The van der Waals surface area contributed by atoms with E-state index in [2.05, 4.69) is 18.9 Å². The highest BCUT2D eigenvalue weighted by molar-refractivity contribution is 8.13. The molecule has 0 spiro atoms. The first kappa shape index (κ1) is 15.3. The summed E-state index contributed by atoms with van der Waals surface area (Å²) in [5.74, 6) is 0.992. The van der Waals surface area contributed by atoms with Gasteiger partial charge in [-0.1, -0.05) is 13.3 Å². The van der Waals surface area contributed by atoms with Crippen molar-refractivity contribution in [3.05, 3.63) is 0 Å². The first-order chi connectivity index (χ1) is 7.92. The highest BCUT2D eigenvalue weighted by atomic mass is 35.7. The van der Waals surface area contributed by atoms with Crippen LogP contribution in [0.2, 0.25) is 0 Å². The Labute approximate surface area is 110 Å². The molecule has 0 aliphatic heterocycles. The van der Waals surface area contributed by atoms with E-state index >= 15 is 0 Å². The molecule has 102 valence electrons. The molecule has 3 nitrogen and oxygen atoms in total. The maximum Gasteiger partial charge on any atom is 0.232 e. The lowest BCUT2D eigenvalue weighted by molar-refractivity contribution is 0.164. The first-order valence-electron chi connectivity index (χ1n) is 6.55. The van der Waals surface area contributed by atoms with E-state index in [9.17, 15) is 8.42 Å². The fraction of sp³-hybridized carbons (Fsp3) is 1.00. The molecular formula is C12H24ClNO2S. The molecule has 1 saturated carbocycles. The van der Waals surface area contributed by atoms with Gasteiger partial charge in [0, 0.05) is 16.7 Å². The van der Waals surface area contributed by atoms with Gasteiger partial charge in [-0.25, -0.2) is 8.42 Å². The van der Waals surface area contributed by atoms with Crippen LogP contribution in [0.25, 0.3) is 0 Å². The highest BCUT2D eigenvalue weighted by Crippen LogP contribution is 2.28. The molecule has 0 saturated heterocycles. The highest BCUT2D eigenvalue weighted by Gasteiger charge is 2.22. The molecule has 1 aliphatic carbocycles. The summed E-state index contributed by atoms with van der Waals surface area (Å²) in [5, 5.41) is 0. The van der Waals surface area contributed by atoms with E-state index in [1.165, 1.54) is 32.1 Å². The number of nitrogens with zero attached hydrogens (tertiary/aromatic N) is 1. The number of halogens is 1. The predicted octanol–water partition coefficient (Wildman–Crippen LogP) is 2.85. The van der Waals surface area contributed by atoms with Crippen molar-refractivity contribution in [2.24, 2.45) is 5.92 Å². The maximum absolute atomic E-state index is 10.8. The van der Waals surface area contributed by atoms with Crippen LogP contribution in [0.1, 0.15) is 45.4 Å². The Bertz CT molecular complexity index is 310. The van der Waals surface area contributed by atoms with Crippen LogP contribution >= 0.6 is 10.7 Å². The van der Waals surface area contributed by atoms with E-state index < -0.39 is 9.05 Å². The lowest BCUT2D eigenvalue weighted by Gasteiger charge is -2.34. The molecule has 0 aromatic carbocycles. The van der Waals surface area contributed by atoms with E-state index in [0.717, 1.165) is 12.5 Å². The van der Waals surface area contributed by atoms with E-state index in [-0.39, 0.29) is 5.75 Å². The van der Waals surface area contributed by atoms with Gasteiger partial charge in [-0.2, -0.15) is 0 Å². The zero-order chi connectivity index (χ0) is 12.9. The van der Waals surface area contributed by atoms with E-state index in [4.69, 9.17) is 10.7 Å². The molecule has 0 unspecified atom stereocenters. The molecule has 0 amide bonds. The third-order valence-electron chi connectivity index (χ3n) is 3.92. The molecule has 0 aromatic heterocycles. The summed E-state index contributed by atoms with van der Waals surface area (Å²) in [6, 6.07) is 0.635. The van der Waals surface area contributed by atoms with Crippen LogP contribution < -0.4 is 0 Å². The Morgan fingerprint density at radius 2 is 1.82 bits per heavy atom. The third kappa shape index (κ3) is 6.07. The normalized spacial score (nSPS) is 26.4. The van der Waals surface area contributed by atoms with Crippen molar-refractivity contribution in [3.63, 3.8) is 0 Å². The van der Waals surface area contributed by atoms with Crippen LogP contribution in [-0.2, 0) is 9.05 Å². The van der Waals surface area contributed by atoms with Gasteiger partial charge < -0.3 is 4.90 Å². The second-order valence-electron chi connectivity index (χ2n) is 5.16. The van der Waals surface area contributed by atoms with Crippen molar-refractivity contribution in [2.75, 3.05) is 19.3 Å². The topological polar surface area (TPSA) is 37.4 Å². The van der Waals surface area contributed by atoms with Crippen LogP contribution in [0.15, 0.2) is 0 Å². The summed E-state index contributed by atoms with van der Waals surface area (Å²) in [6.07, 6.45) is 7.07. The van der Waals surface area contributed by atoms with Crippen LogP contribution in [0.3, 0.4) is 0 Å². The van der Waals surface area contributed by atoms with Crippen LogP contribution in [0.4, 0.5) is 0 Å². The summed E-state index contributed by atoms with van der Waals surface area (Å²) in [4.78, 5) is 2.30. The lowest BCUT2D eigenvalue weighted by Crippen LogP contribution is -2.36. The monoisotopic (exact) mass is 281 g/mol. The average molecular weight is 282 g/mol. The minimum Gasteiger partial charge on any atom is -0.303 e. The van der Waals surface area contributed by atoms with Crippen LogP contribution in [0.5, 0.6) is 0 Å². The summed E-state index contributed by atoms with van der Waals surface area (Å²) < 4.78 is 21.6. The number of hydrogen-bond donors (Lipinski definition) is 0. The van der Waals surface area contributed by atoms with Gasteiger partial charge in [0.15, 0.2) is 0 Å². The Hall–Kier alpha value is 0.200. The predicted molar refractivity (Wildman–Crippen MR) is 72.9 cm³/mol. The van der Waals surface area contributed by atoms with Crippen LogP contribution in [0, 0.1) is 5.92 Å². The van der Waals surface area contributed by atoms with Gasteiger partial charge in [-0.15, -0.1) is 0 Å². The van der Waals surface area contributed by atoms with Crippen molar-refractivity contribution in [1.29, 1.82) is 0 Å². The second kappa shape index (κ2) is 6.95. The molecule has 0 atom stereocenters. The maximum atomic E-state index is 10.8. The van der Waals surface area contributed by atoms with Crippen molar-refractivity contribution >= 4 is 19.7 Å². The van der Waals surface area contributed by atoms with E-state index in [0.29, 0.717) is 12.5 Å². The van der Waals surface area contributed by atoms with Crippen molar-refractivity contribution in [1.82, 2.24) is 4.90 Å². The molecule has 17 heavy (non-hydrogen) atoms. The molecule has 0 radical (unpaired) electrons. The molecular weight excluding hydrogens is 258 g/mol. The first-order valence-corrected chi connectivity index (χ1v) is 9.02. The molecule has 0 bridgehead atoms. The zero-order valence-electron chi connectivity index (χ0n) is 10.9. The van der Waals surface area contributed by atoms with E-state index in [1.54, 1.807) is 0 Å². The van der Waals surface area contributed by atoms with Crippen molar-refractivity contribution < 1.29 is 8.42 Å². The Morgan fingerprint density at radius 1 is 1.24 bits per heavy atom. The van der Waals surface area contributed by atoms with Gasteiger partial charge in [-0.3, -0.25) is 0 Å². The van der Waals surface area contributed by atoms with Gasteiger partial charge in [-0.05, 0) is 51.6 Å². The standard InChI is InChI=1S/C12H24ClNO2S/c1-3-11-5-7-12(8-6-11)14(2)9-4-10-17(13,15)16/h11-12H,3-10H2,1-2H3. The van der Waals surface area contributed by atoms with Crippen molar-refractivity contribution in [3.8, 4) is 0 Å². The Kier molecular flexibility index (Phi) is 6.24. The fourth-order valence-electron chi connectivity index (χ4n) is 2.66. The van der Waals surface area contributed by atoms with Gasteiger partial charge >= 0.3 is 0 Å². The van der Waals surface area contributed by atoms with Crippen molar-refractivity contribution in [2.45, 2.75) is 51.5 Å². The summed E-state index contributed by atoms with van der Waals surface area (Å²) in [7, 11) is 3.97. The summed E-state index contributed by atoms with van der Waals surface area (Å²) >= 11 is 0. The largest absolute Gasteiger partial charge is 0.303 e. The SMILES string of the molecule is CCC1CCC(N(C)CCCS(=O)(=O)Cl)CC1. The van der Waals surface area contributed by atoms with Gasteiger partial charge in [0.05, 0.1) is 5.75 Å². The Morgan fingerprint density at radius 3 is 2.29 bits per heavy atom. The van der Waals surface area contributed by atoms with Gasteiger partial charge in [0.1, 0.15) is 0 Å². The molecule has 1 aliphatic rings. The molecule has 1 fully saturated rings. The zero-order valence-corrected chi connectivity index (χ0v) is 12.4. The summed E-state index contributed by atoms with van der Waals surface area (Å²) in [6.45, 7) is 3.09. The molecule has 5 heteroatoms. The number of hydrogen-bond acceptors (Lipinski definition) is 3. The van der Waals surface area contributed by atoms with E-state index in [1.807, 2.05) is 0 Å². The average Bonchev–Trinajstić information content (AvgIpc) is 2.27. The third-order valence-corrected chi connectivity index (χ3v) is 5.16. The van der Waals surface area contributed by atoms with Crippen LogP contribution in [-0.4, -0.2) is 38.7 Å². The summed E-state index contributed by atoms with van der Waals surface area (Å²) in [5.41, 5.74) is 0. The second-order valence-corrected chi connectivity index (χ2v) is 8.06. The molecule has 0 N–H and O–H groups in total. The molecule has 0 heterocycles. The fourth-order valence-corrected chi connectivity index (χ4v) is 3.46. The minimum absolute atomic E-state index is 0.0865. The smallest absolute Gasteiger partial charge is 0.232 e. The molecule has 0 aromatic rings. The Balaban J connectivity index is 2.22. The quantitative estimate of drug-likeness (QED) is 0.703. The number of rotatable bonds is 6. The van der Waals surface area contributed by atoms with Gasteiger partial charge in [0.2, 0.25) is 9.05 Å². The lowest BCUT2D eigenvalue weighted by atomic mass is 9.84. The minimum atomic E-state index is -3.32. The van der Waals surface area contributed by atoms with Gasteiger partial charge in [0.25, 0.3) is 0 Å².